The molecule has 0 aromatic carbocycles. The molecule has 6 heteroatoms. The van der Waals surface area contributed by atoms with Crippen molar-refractivity contribution in [1.29, 1.82) is 0 Å². The molecule has 1 fully saturated rings. The van der Waals surface area contributed by atoms with E-state index in [4.69, 9.17) is 4.74 Å². The number of nitrogens with zero attached hydrogens (tertiary/aromatic N) is 4. The number of aromatic nitrogens is 3. The number of piperidine rings is 1. The Hall–Kier alpha value is -1.69. The van der Waals surface area contributed by atoms with Crippen LogP contribution >= 0.6 is 15.9 Å². The van der Waals surface area contributed by atoms with Crippen LogP contribution in [0, 0.1) is 19.8 Å². The van der Waals surface area contributed by atoms with Crippen molar-refractivity contribution >= 4 is 21.7 Å². The smallest absolute Gasteiger partial charge is 0.235 e. The normalized spacial score (nSPS) is 15.7. The van der Waals surface area contributed by atoms with Gasteiger partial charge in [0.15, 0.2) is 0 Å². The van der Waals surface area contributed by atoms with Crippen LogP contribution in [-0.4, -0.2) is 34.6 Å². The minimum absolute atomic E-state index is 0.559. The van der Waals surface area contributed by atoms with E-state index in [0.717, 1.165) is 41.9 Å². The van der Waals surface area contributed by atoms with E-state index in [1.165, 1.54) is 5.56 Å². The molecule has 122 valence electrons. The van der Waals surface area contributed by atoms with Crippen molar-refractivity contribution < 1.29 is 4.74 Å². The molecule has 5 nitrogen and oxygen atoms in total. The van der Waals surface area contributed by atoms with Gasteiger partial charge in [-0.15, -0.1) is 0 Å². The summed E-state index contributed by atoms with van der Waals surface area (Å²) in [5, 5.41) is 0. The van der Waals surface area contributed by atoms with E-state index in [1.54, 1.807) is 12.4 Å². The Morgan fingerprint density at radius 2 is 1.91 bits per heavy atom. The average molecular weight is 377 g/mol. The van der Waals surface area contributed by atoms with Gasteiger partial charge in [0.05, 0.1) is 12.3 Å². The molecule has 0 bridgehead atoms. The maximum absolute atomic E-state index is 5.84. The highest BCUT2D eigenvalue weighted by Gasteiger charge is 2.22. The maximum atomic E-state index is 5.84. The molecule has 1 aliphatic heterocycles. The zero-order valence-electron chi connectivity index (χ0n) is 13.5. The van der Waals surface area contributed by atoms with Crippen LogP contribution in [0.3, 0.4) is 0 Å². The molecule has 0 N–H and O–H groups in total. The fraction of sp³-hybridized carbons (Fsp3) is 0.471. The van der Waals surface area contributed by atoms with Crippen LogP contribution in [0.5, 0.6) is 5.88 Å². The molecule has 1 aliphatic rings. The van der Waals surface area contributed by atoms with E-state index in [-0.39, 0.29) is 0 Å². The van der Waals surface area contributed by atoms with E-state index in [9.17, 15) is 0 Å². The molecule has 2 aromatic heterocycles. The molecular weight excluding hydrogens is 356 g/mol. The molecule has 0 atom stereocenters. The van der Waals surface area contributed by atoms with Gasteiger partial charge in [0.1, 0.15) is 5.82 Å². The number of pyridine rings is 1. The Morgan fingerprint density at radius 3 is 2.61 bits per heavy atom. The first-order valence-electron chi connectivity index (χ1n) is 7.91. The van der Waals surface area contributed by atoms with E-state index in [2.05, 4.69) is 48.8 Å². The largest absolute Gasteiger partial charge is 0.476 e. The standard InChI is InChI=1S/C17H21BrN4O/c1-12-9-15(18)10-21-16(12)22-7-3-14(4-8-22)11-23-17-13(2)19-5-6-20-17/h5-6,9-10,14H,3-4,7-8,11H2,1-2H3. The predicted molar refractivity (Wildman–Crippen MR) is 93.9 cm³/mol. The van der Waals surface area contributed by atoms with Gasteiger partial charge in [0, 0.05) is 36.2 Å². The Kier molecular flexibility index (Phi) is 5.10. The number of aryl methyl sites for hydroxylation is 2. The minimum Gasteiger partial charge on any atom is -0.476 e. The molecule has 2 aromatic rings. The summed E-state index contributed by atoms with van der Waals surface area (Å²) >= 11 is 3.47. The lowest BCUT2D eigenvalue weighted by Crippen LogP contribution is -2.36. The second-order valence-corrected chi connectivity index (χ2v) is 6.90. The highest BCUT2D eigenvalue weighted by Crippen LogP contribution is 2.26. The Morgan fingerprint density at radius 1 is 1.17 bits per heavy atom. The molecule has 3 rings (SSSR count). The molecule has 1 saturated heterocycles. The lowest BCUT2D eigenvalue weighted by Gasteiger charge is -2.33. The maximum Gasteiger partial charge on any atom is 0.235 e. The van der Waals surface area contributed by atoms with Gasteiger partial charge in [-0.1, -0.05) is 0 Å². The van der Waals surface area contributed by atoms with Gasteiger partial charge in [0.2, 0.25) is 5.88 Å². The molecular formula is C17H21BrN4O. The predicted octanol–water partition coefficient (Wildman–Crippen LogP) is 3.55. The summed E-state index contributed by atoms with van der Waals surface area (Å²) in [5.74, 6) is 2.31. The number of hydrogen-bond acceptors (Lipinski definition) is 5. The molecule has 0 aliphatic carbocycles. The summed E-state index contributed by atoms with van der Waals surface area (Å²) in [5.41, 5.74) is 2.06. The van der Waals surface area contributed by atoms with Crippen molar-refractivity contribution in [3.8, 4) is 5.88 Å². The Bertz CT molecular complexity index is 671. The van der Waals surface area contributed by atoms with Crippen molar-refractivity contribution in [2.24, 2.45) is 5.92 Å². The summed E-state index contributed by atoms with van der Waals surface area (Å²) in [6.45, 7) is 6.78. The zero-order chi connectivity index (χ0) is 16.2. The third-order valence-corrected chi connectivity index (χ3v) is 4.66. The van der Waals surface area contributed by atoms with Crippen molar-refractivity contribution in [2.45, 2.75) is 26.7 Å². The lowest BCUT2D eigenvalue weighted by molar-refractivity contribution is 0.214. The van der Waals surface area contributed by atoms with E-state index in [1.807, 2.05) is 13.1 Å². The van der Waals surface area contributed by atoms with Gasteiger partial charge >= 0.3 is 0 Å². The first kappa shape index (κ1) is 16.2. The van der Waals surface area contributed by atoms with Gasteiger partial charge in [0.25, 0.3) is 0 Å². The van der Waals surface area contributed by atoms with Gasteiger partial charge in [-0.05, 0) is 60.2 Å². The van der Waals surface area contributed by atoms with Crippen molar-refractivity contribution in [3.63, 3.8) is 0 Å². The average Bonchev–Trinajstić information content (AvgIpc) is 2.55. The highest BCUT2D eigenvalue weighted by atomic mass is 79.9. The van der Waals surface area contributed by atoms with Crippen LogP contribution < -0.4 is 9.64 Å². The van der Waals surface area contributed by atoms with Crippen molar-refractivity contribution in [2.75, 3.05) is 24.6 Å². The SMILES string of the molecule is Cc1cc(Br)cnc1N1CCC(COc2nccnc2C)CC1. The molecule has 3 heterocycles. The number of rotatable bonds is 4. The first-order chi connectivity index (χ1) is 11.1. The van der Waals surface area contributed by atoms with Crippen molar-refractivity contribution in [3.05, 3.63) is 40.4 Å². The summed E-state index contributed by atoms with van der Waals surface area (Å²) in [6.07, 6.45) is 7.45. The minimum atomic E-state index is 0.559. The summed E-state index contributed by atoms with van der Waals surface area (Å²) in [4.78, 5) is 15.4. The highest BCUT2D eigenvalue weighted by molar-refractivity contribution is 9.10. The Balaban J connectivity index is 1.53. The summed E-state index contributed by atoms with van der Waals surface area (Å²) < 4.78 is 6.87. The summed E-state index contributed by atoms with van der Waals surface area (Å²) in [7, 11) is 0. The van der Waals surface area contributed by atoms with Gasteiger partial charge in [-0.25, -0.2) is 9.97 Å². The van der Waals surface area contributed by atoms with Crippen LogP contribution in [0.2, 0.25) is 0 Å². The summed E-state index contributed by atoms with van der Waals surface area (Å²) in [6, 6.07) is 2.12. The lowest BCUT2D eigenvalue weighted by atomic mass is 9.97. The van der Waals surface area contributed by atoms with Crippen LogP contribution in [0.1, 0.15) is 24.1 Å². The molecule has 0 unspecified atom stereocenters. The second-order valence-electron chi connectivity index (χ2n) is 5.98. The third-order valence-electron chi connectivity index (χ3n) is 4.22. The Labute approximate surface area is 145 Å². The van der Waals surface area contributed by atoms with E-state index >= 15 is 0 Å². The van der Waals surface area contributed by atoms with E-state index < -0.39 is 0 Å². The van der Waals surface area contributed by atoms with Crippen LogP contribution in [0.25, 0.3) is 0 Å². The van der Waals surface area contributed by atoms with Crippen molar-refractivity contribution in [1.82, 2.24) is 15.0 Å². The topological polar surface area (TPSA) is 51.1 Å². The fourth-order valence-electron chi connectivity index (χ4n) is 2.91. The molecule has 0 saturated carbocycles. The van der Waals surface area contributed by atoms with Gasteiger partial charge in [-0.3, -0.25) is 4.98 Å². The molecule has 0 spiro atoms. The molecule has 0 radical (unpaired) electrons. The van der Waals surface area contributed by atoms with Crippen LogP contribution in [-0.2, 0) is 0 Å². The van der Waals surface area contributed by atoms with E-state index in [0.29, 0.717) is 18.4 Å². The number of halogens is 1. The van der Waals surface area contributed by atoms with Crippen LogP contribution in [0.4, 0.5) is 5.82 Å². The van der Waals surface area contributed by atoms with Gasteiger partial charge in [-0.2, -0.15) is 0 Å². The second kappa shape index (κ2) is 7.25. The number of hydrogen-bond donors (Lipinski definition) is 0. The van der Waals surface area contributed by atoms with Gasteiger partial charge < -0.3 is 9.64 Å². The molecule has 0 amide bonds. The fourth-order valence-corrected chi connectivity index (χ4v) is 3.35. The quantitative estimate of drug-likeness (QED) is 0.816. The number of anilines is 1. The third kappa shape index (κ3) is 3.99. The number of ether oxygens (including phenoxy) is 1. The molecule has 23 heavy (non-hydrogen) atoms. The monoisotopic (exact) mass is 376 g/mol. The zero-order valence-corrected chi connectivity index (χ0v) is 15.1. The van der Waals surface area contributed by atoms with Crippen LogP contribution in [0.15, 0.2) is 29.1 Å². The first-order valence-corrected chi connectivity index (χ1v) is 8.70.